The summed E-state index contributed by atoms with van der Waals surface area (Å²) in [4.78, 5) is 70.0. The fraction of sp³-hybridized carbons (Fsp3) is 0.444. The minimum atomic E-state index is -1.39. The van der Waals surface area contributed by atoms with Crippen LogP contribution in [0.25, 0.3) is 0 Å². The Kier molecular flexibility index (Phi) is 7.83. The van der Waals surface area contributed by atoms with E-state index in [4.69, 9.17) is 15.3 Å². The molecular formula is C18H20N6O8S2. The van der Waals surface area contributed by atoms with Gasteiger partial charge in [-0.15, -0.1) is 11.8 Å². The minimum Gasteiger partial charge on any atom is -0.477 e. The number of esters is 1. The number of β-lactam (4-membered cyclic amide) rings is 1. The van der Waals surface area contributed by atoms with Crippen molar-refractivity contribution < 1.29 is 38.7 Å². The molecule has 0 spiro atoms. The summed E-state index contributed by atoms with van der Waals surface area (Å²) >= 11 is 2.03. The summed E-state index contributed by atoms with van der Waals surface area (Å²) in [7, 11) is 0. The molecule has 4 N–H and O–H groups in total. The van der Waals surface area contributed by atoms with E-state index in [0.717, 1.165) is 16.4 Å². The number of rotatable bonds is 10. The molecule has 1 saturated heterocycles. The van der Waals surface area contributed by atoms with E-state index in [1.807, 2.05) is 0 Å². The van der Waals surface area contributed by atoms with Crippen LogP contribution >= 0.6 is 23.3 Å². The number of thioether (sulfide) groups is 1. The number of carbonyl (C=O) groups excluding carboxylic acids is 4. The molecule has 34 heavy (non-hydrogen) atoms. The lowest BCUT2D eigenvalue weighted by molar-refractivity contribution is -0.150. The third kappa shape index (κ3) is 5.33. The van der Waals surface area contributed by atoms with Crippen LogP contribution in [0.4, 0.5) is 5.13 Å². The molecule has 1 aromatic rings. The summed E-state index contributed by atoms with van der Waals surface area (Å²) in [5, 5.41) is 15.3. The molecule has 0 saturated carbocycles. The molecule has 2 atom stereocenters. The quantitative estimate of drug-likeness (QED) is 0.115. The number of nitrogens with zero attached hydrogens (tertiary/aromatic N) is 4. The number of carboxylic acids is 1. The molecule has 182 valence electrons. The maximum Gasteiger partial charge on any atom is 0.352 e. The number of fused-ring (bicyclic) bond motifs is 1. The Morgan fingerprint density at radius 2 is 2.09 bits per heavy atom. The number of aliphatic carboxylic acids is 1. The van der Waals surface area contributed by atoms with Gasteiger partial charge in [0.15, 0.2) is 5.13 Å². The normalized spacial score (nSPS) is 19.8. The van der Waals surface area contributed by atoms with Gasteiger partial charge in [-0.1, -0.05) is 5.16 Å². The zero-order chi connectivity index (χ0) is 25.0. The Bertz CT molecular complexity index is 1100. The molecule has 2 aliphatic heterocycles. The van der Waals surface area contributed by atoms with Crippen LogP contribution in [0.5, 0.6) is 0 Å². The van der Waals surface area contributed by atoms with Gasteiger partial charge in [-0.2, -0.15) is 9.36 Å². The van der Waals surface area contributed by atoms with Crippen molar-refractivity contribution in [1.29, 1.82) is 0 Å². The summed E-state index contributed by atoms with van der Waals surface area (Å²) in [6.45, 7) is 2.66. The first-order chi connectivity index (χ1) is 16.1. The highest BCUT2D eigenvalue weighted by Gasteiger charge is 2.54. The minimum absolute atomic E-state index is 0.0749. The second kappa shape index (κ2) is 10.6. The number of nitrogens with two attached hydrogens (primary N) is 1. The number of ketones is 1. The second-order valence-electron chi connectivity index (χ2n) is 6.97. The van der Waals surface area contributed by atoms with Crippen molar-refractivity contribution in [3.8, 4) is 0 Å². The first kappa shape index (κ1) is 25.1. The molecule has 2 amide bonds. The second-order valence-corrected chi connectivity index (χ2v) is 8.86. The van der Waals surface area contributed by atoms with Crippen LogP contribution in [0.15, 0.2) is 16.4 Å². The van der Waals surface area contributed by atoms with Crippen LogP contribution in [0.2, 0.25) is 0 Å². The molecule has 1 fully saturated rings. The largest absolute Gasteiger partial charge is 0.477 e. The lowest BCUT2D eigenvalue weighted by Crippen LogP contribution is -2.71. The third-order valence-electron chi connectivity index (χ3n) is 4.49. The van der Waals surface area contributed by atoms with E-state index in [1.165, 1.54) is 18.7 Å². The Morgan fingerprint density at radius 3 is 2.68 bits per heavy atom. The zero-order valence-corrected chi connectivity index (χ0v) is 19.6. The van der Waals surface area contributed by atoms with E-state index in [0.29, 0.717) is 0 Å². The molecule has 0 radical (unpaired) electrons. The number of amides is 2. The van der Waals surface area contributed by atoms with Gasteiger partial charge in [-0.05, 0) is 13.8 Å². The molecule has 1 aromatic heterocycles. The van der Waals surface area contributed by atoms with E-state index in [-0.39, 0.29) is 46.9 Å². The van der Waals surface area contributed by atoms with Crippen molar-refractivity contribution in [2.75, 3.05) is 24.7 Å². The molecule has 1 unspecified atom stereocenters. The predicted octanol–water partition coefficient (Wildman–Crippen LogP) is -0.878. The molecule has 0 aliphatic carbocycles. The lowest BCUT2D eigenvalue weighted by Gasteiger charge is -2.49. The summed E-state index contributed by atoms with van der Waals surface area (Å²) < 4.78 is 8.90. The lowest BCUT2D eigenvalue weighted by atomic mass is 10.0. The number of ether oxygens (including phenoxy) is 1. The van der Waals surface area contributed by atoms with Crippen LogP contribution in [0, 0.1) is 0 Å². The number of nitrogen functional groups attached to an aromatic ring is 1. The first-order valence-corrected chi connectivity index (χ1v) is 11.6. The number of oxime groups is 1. The van der Waals surface area contributed by atoms with Crippen molar-refractivity contribution in [2.24, 2.45) is 5.16 Å². The van der Waals surface area contributed by atoms with Gasteiger partial charge in [-0.3, -0.25) is 24.1 Å². The maximum absolute atomic E-state index is 12.8. The summed E-state index contributed by atoms with van der Waals surface area (Å²) in [5.41, 5.74) is 5.15. The SMILES string of the molecule is CCON=C(C(=O)NC1C(=O)N2C(C(=O)O)=C(COC(=O)CC(C)=O)CS[C@H]12)c1nsc(N)n1. The van der Waals surface area contributed by atoms with Gasteiger partial charge in [0.1, 0.15) is 42.5 Å². The van der Waals surface area contributed by atoms with Crippen molar-refractivity contribution in [2.45, 2.75) is 31.7 Å². The van der Waals surface area contributed by atoms with Crippen molar-refractivity contribution >= 4 is 63.7 Å². The monoisotopic (exact) mass is 512 g/mol. The number of anilines is 1. The van der Waals surface area contributed by atoms with Crippen molar-refractivity contribution in [1.82, 2.24) is 19.6 Å². The van der Waals surface area contributed by atoms with Crippen LogP contribution in [0.1, 0.15) is 26.1 Å². The van der Waals surface area contributed by atoms with Crippen molar-refractivity contribution in [3.05, 3.63) is 17.1 Å². The average Bonchev–Trinajstić information content (AvgIpc) is 3.20. The standard InChI is InChI=1S/C18H20N6O8S2/c1-3-32-22-10(13-21-18(19)34-23-13)14(27)20-11-15(28)24-12(17(29)30)8(6-33-16(11)24)5-31-9(26)4-7(2)25/h11,16H,3-6H2,1-2H3,(H,20,27)(H,29,30)(H2,19,21,23)/t11?,16-/m1/s1. The molecular weight excluding hydrogens is 492 g/mol. The Balaban J connectivity index is 1.74. The Morgan fingerprint density at radius 1 is 1.35 bits per heavy atom. The van der Waals surface area contributed by atoms with Gasteiger partial charge in [0.25, 0.3) is 11.8 Å². The molecule has 3 rings (SSSR count). The molecule has 14 nitrogen and oxygen atoms in total. The van der Waals surface area contributed by atoms with Gasteiger partial charge in [0.05, 0.1) is 0 Å². The topological polar surface area (TPSA) is 203 Å². The van der Waals surface area contributed by atoms with E-state index >= 15 is 0 Å². The van der Waals surface area contributed by atoms with Gasteiger partial charge < -0.3 is 25.7 Å². The Labute approximate surface area is 200 Å². The smallest absolute Gasteiger partial charge is 0.352 e. The van der Waals surface area contributed by atoms with Gasteiger partial charge in [0, 0.05) is 22.9 Å². The number of hydrogen-bond acceptors (Lipinski definition) is 13. The molecule has 16 heteroatoms. The summed E-state index contributed by atoms with van der Waals surface area (Å²) in [6, 6.07) is -1.04. The number of aromatic nitrogens is 2. The Hall–Kier alpha value is -3.53. The molecule has 3 heterocycles. The van der Waals surface area contributed by atoms with Crippen molar-refractivity contribution in [3.63, 3.8) is 0 Å². The van der Waals surface area contributed by atoms with Crippen LogP contribution in [-0.2, 0) is 33.5 Å². The highest BCUT2D eigenvalue weighted by Crippen LogP contribution is 2.40. The highest BCUT2D eigenvalue weighted by molar-refractivity contribution is 8.00. The van der Waals surface area contributed by atoms with Crippen LogP contribution < -0.4 is 11.1 Å². The summed E-state index contributed by atoms with van der Waals surface area (Å²) in [6.07, 6.45) is -0.437. The van der Waals surface area contributed by atoms with Gasteiger partial charge >= 0.3 is 11.9 Å². The van der Waals surface area contributed by atoms with E-state index in [2.05, 4.69) is 19.8 Å². The average molecular weight is 513 g/mol. The molecule has 2 aliphatic rings. The zero-order valence-electron chi connectivity index (χ0n) is 18.0. The fourth-order valence-corrected chi connectivity index (χ4v) is 4.83. The number of carboxylic acid groups (broad SMARTS) is 1. The number of hydrogen-bond donors (Lipinski definition) is 3. The number of carbonyl (C=O) groups is 5. The maximum atomic E-state index is 12.8. The van der Waals surface area contributed by atoms with E-state index < -0.39 is 47.4 Å². The number of Topliss-reactive ketones (excluding diaryl/α,β-unsaturated/α-hetero) is 1. The number of nitrogens with one attached hydrogen (secondary N) is 1. The summed E-state index contributed by atoms with van der Waals surface area (Å²) in [5.74, 6) is -3.99. The fourth-order valence-electron chi connectivity index (χ4n) is 3.07. The van der Waals surface area contributed by atoms with E-state index in [9.17, 15) is 29.1 Å². The predicted molar refractivity (Wildman–Crippen MR) is 118 cm³/mol. The van der Waals surface area contributed by atoms with Crippen LogP contribution in [-0.4, -0.2) is 85.0 Å². The first-order valence-electron chi connectivity index (χ1n) is 9.79. The van der Waals surface area contributed by atoms with Gasteiger partial charge in [0.2, 0.25) is 11.5 Å². The van der Waals surface area contributed by atoms with E-state index in [1.54, 1.807) is 6.92 Å². The molecule has 0 aromatic carbocycles. The third-order valence-corrected chi connectivity index (χ3v) is 6.37. The van der Waals surface area contributed by atoms with Gasteiger partial charge in [-0.25, -0.2) is 4.79 Å². The van der Waals surface area contributed by atoms with Crippen LogP contribution in [0.3, 0.4) is 0 Å². The highest BCUT2D eigenvalue weighted by atomic mass is 32.2. The molecule has 0 bridgehead atoms.